The fraction of sp³-hybridized carbons (Fsp3) is 0.188. The highest BCUT2D eigenvalue weighted by Crippen LogP contribution is 2.36. The first-order valence-electron chi connectivity index (χ1n) is 6.62. The van der Waals surface area contributed by atoms with Gasteiger partial charge >= 0.3 is 0 Å². The van der Waals surface area contributed by atoms with Gasteiger partial charge < -0.3 is 14.8 Å². The maximum atomic E-state index is 12.3. The molecule has 22 heavy (non-hydrogen) atoms. The number of benzene rings is 2. The molecular formula is C16H15Cl2NO3. The summed E-state index contributed by atoms with van der Waals surface area (Å²) >= 11 is 12.0. The largest absolute Gasteiger partial charge is 0.491 e. The van der Waals surface area contributed by atoms with Crippen molar-refractivity contribution in [1.82, 2.24) is 0 Å². The van der Waals surface area contributed by atoms with Crippen LogP contribution < -0.4 is 14.8 Å². The molecule has 2 rings (SSSR count). The van der Waals surface area contributed by atoms with Crippen LogP contribution in [0.1, 0.15) is 17.3 Å². The van der Waals surface area contributed by atoms with Crippen LogP contribution in [0.4, 0.5) is 5.69 Å². The predicted octanol–water partition coefficient (Wildman–Crippen LogP) is 4.65. The third kappa shape index (κ3) is 3.84. The van der Waals surface area contributed by atoms with Crippen molar-refractivity contribution in [2.45, 2.75) is 6.92 Å². The highest BCUT2D eigenvalue weighted by Gasteiger charge is 2.15. The minimum Gasteiger partial charge on any atom is -0.491 e. The Kier molecular flexibility index (Phi) is 5.52. The van der Waals surface area contributed by atoms with E-state index in [0.29, 0.717) is 39.4 Å². The Hall–Kier alpha value is -1.91. The van der Waals surface area contributed by atoms with E-state index in [0.717, 1.165) is 0 Å². The first-order valence-corrected chi connectivity index (χ1v) is 7.38. The molecule has 6 heteroatoms. The zero-order valence-electron chi connectivity index (χ0n) is 12.2. The first-order chi connectivity index (χ1) is 10.5. The highest BCUT2D eigenvalue weighted by molar-refractivity contribution is 6.33. The normalized spacial score (nSPS) is 10.2. The summed E-state index contributed by atoms with van der Waals surface area (Å²) in [5.74, 6) is 0.540. The van der Waals surface area contributed by atoms with Gasteiger partial charge in [0.15, 0.2) is 11.5 Å². The molecule has 1 amide bonds. The maximum Gasteiger partial charge on any atom is 0.255 e. The summed E-state index contributed by atoms with van der Waals surface area (Å²) in [5.41, 5.74) is 1.02. The zero-order valence-corrected chi connectivity index (χ0v) is 13.7. The molecule has 0 aliphatic heterocycles. The second kappa shape index (κ2) is 7.38. The van der Waals surface area contributed by atoms with Gasteiger partial charge in [0.05, 0.1) is 18.7 Å². The van der Waals surface area contributed by atoms with E-state index in [4.69, 9.17) is 32.7 Å². The van der Waals surface area contributed by atoms with Crippen molar-refractivity contribution in [3.8, 4) is 11.5 Å². The van der Waals surface area contributed by atoms with Gasteiger partial charge in [-0.15, -0.1) is 0 Å². The van der Waals surface area contributed by atoms with Gasteiger partial charge in [-0.1, -0.05) is 23.2 Å². The second-order valence-electron chi connectivity index (χ2n) is 4.38. The fourth-order valence-corrected chi connectivity index (χ4v) is 2.31. The molecule has 0 saturated heterocycles. The molecule has 2 aromatic rings. The van der Waals surface area contributed by atoms with Gasteiger partial charge in [-0.25, -0.2) is 0 Å². The molecule has 0 saturated carbocycles. The van der Waals surface area contributed by atoms with Crippen molar-refractivity contribution < 1.29 is 14.3 Å². The van der Waals surface area contributed by atoms with E-state index in [9.17, 15) is 4.79 Å². The van der Waals surface area contributed by atoms with Gasteiger partial charge in [-0.2, -0.15) is 0 Å². The molecule has 0 aliphatic carbocycles. The van der Waals surface area contributed by atoms with Crippen LogP contribution in [0.3, 0.4) is 0 Å². The Morgan fingerprint density at radius 1 is 1.18 bits per heavy atom. The fourth-order valence-electron chi connectivity index (χ4n) is 1.90. The van der Waals surface area contributed by atoms with Crippen LogP contribution in [0.2, 0.25) is 10.0 Å². The Bertz CT molecular complexity index is 672. The van der Waals surface area contributed by atoms with Gasteiger partial charge in [-0.05, 0) is 43.3 Å². The summed E-state index contributed by atoms with van der Waals surface area (Å²) in [6.07, 6.45) is 0. The van der Waals surface area contributed by atoms with E-state index in [1.54, 1.807) is 30.3 Å². The summed E-state index contributed by atoms with van der Waals surface area (Å²) in [6, 6.07) is 9.96. The van der Waals surface area contributed by atoms with Crippen molar-refractivity contribution in [3.05, 3.63) is 52.0 Å². The Labute approximate surface area is 138 Å². The number of hydrogen-bond acceptors (Lipinski definition) is 3. The second-order valence-corrected chi connectivity index (χ2v) is 5.23. The van der Waals surface area contributed by atoms with E-state index < -0.39 is 0 Å². The minimum atomic E-state index is -0.298. The summed E-state index contributed by atoms with van der Waals surface area (Å²) in [4.78, 5) is 12.3. The molecule has 1 N–H and O–H groups in total. The lowest BCUT2D eigenvalue weighted by atomic mass is 10.1. The number of hydrogen-bond donors (Lipinski definition) is 1. The van der Waals surface area contributed by atoms with Crippen LogP contribution in [0.5, 0.6) is 11.5 Å². The minimum absolute atomic E-state index is 0.298. The zero-order chi connectivity index (χ0) is 16.1. The highest BCUT2D eigenvalue weighted by atomic mass is 35.5. The number of methoxy groups -OCH3 is 1. The molecule has 0 fully saturated rings. The number of nitrogens with one attached hydrogen (secondary N) is 1. The van der Waals surface area contributed by atoms with Crippen molar-refractivity contribution in [3.63, 3.8) is 0 Å². The van der Waals surface area contributed by atoms with E-state index in [1.165, 1.54) is 13.2 Å². The van der Waals surface area contributed by atoms with E-state index in [2.05, 4.69) is 5.32 Å². The summed E-state index contributed by atoms with van der Waals surface area (Å²) in [5, 5.41) is 3.68. The molecular weight excluding hydrogens is 325 g/mol. The van der Waals surface area contributed by atoms with Gasteiger partial charge in [0, 0.05) is 16.3 Å². The Morgan fingerprint density at radius 2 is 1.86 bits per heavy atom. The first kappa shape index (κ1) is 16.5. The topological polar surface area (TPSA) is 47.6 Å². The van der Waals surface area contributed by atoms with Crippen LogP contribution in [0.25, 0.3) is 0 Å². The molecule has 2 aromatic carbocycles. The molecule has 0 heterocycles. The average Bonchev–Trinajstić information content (AvgIpc) is 2.49. The monoisotopic (exact) mass is 339 g/mol. The lowest BCUT2D eigenvalue weighted by Crippen LogP contribution is -2.12. The van der Waals surface area contributed by atoms with Gasteiger partial charge in [-0.3, -0.25) is 4.79 Å². The van der Waals surface area contributed by atoms with Crippen LogP contribution in [0.15, 0.2) is 36.4 Å². The molecule has 0 bridgehead atoms. The predicted molar refractivity (Wildman–Crippen MR) is 88.6 cm³/mol. The Morgan fingerprint density at radius 3 is 2.45 bits per heavy atom. The van der Waals surface area contributed by atoms with E-state index in [1.807, 2.05) is 6.92 Å². The maximum absolute atomic E-state index is 12.3. The van der Waals surface area contributed by atoms with Crippen molar-refractivity contribution in [2.24, 2.45) is 0 Å². The average molecular weight is 340 g/mol. The summed E-state index contributed by atoms with van der Waals surface area (Å²) < 4.78 is 10.7. The van der Waals surface area contributed by atoms with E-state index >= 15 is 0 Å². The van der Waals surface area contributed by atoms with Crippen molar-refractivity contribution in [2.75, 3.05) is 19.0 Å². The molecule has 0 spiro atoms. The quantitative estimate of drug-likeness (QED) is 0.862. The summed E-state index contributed by atoms with van der Waals surface area (Å²) in [7, 11) is 1.50. The van der Waals surface area contributed by atoms with Gasteiger partial charge in [0.1, 0.15) is 0 Å². The Balaban J connectivity index is 2.27. The molecule has 0 unspecified atom stereocenters. The number of halogens is 2. The number of carbonyl (C=O) groups is 1. The van der Waals surface area contributed by atoms with Crippen LogP contribution in [0, 0.1) is 0 Å². The van der Waals surface area contributed by atoms with Crippen LogP contribution in [-0.2, 0) is 0 Å². The molecule has 0 aliphatic rings. The molecule has 0 aromatic heterocycles. The lowest BCUT2D eigenvalue weighted by molar-refractivity contribution is 0.102. The van der Waals surface area contributed by atoms with Crippen molar-refractivity contribution >= 4 is 34.8 Å². The molecule has 0 atom stereocenters. The third-order valence-corrected chi connectivity index (χ3v) is 3.41. The number of rotatable bonds is 5. The standard InChI is InChI=1S/C16H15Cl2NO3/c1-3-22-14-9-10(8-13(18)15(14)21-2)16(20)19-12-6-4-11(17)5-7-12/h4-9H,3H2,1-2H3,(H,19,20). The summed E-state index contributed by atoms with van der Waals surface area (Å²) in [6.45, 7) is 2.28. The van der Waals surface area contributed by atoms with Crippen LogP contribution in [-0.4, -0.2) is 19.6 Å². The van der Waals surface area contributed by atoms with E-state index in [-0.39, 0.29) is 5.91 Å². The lowest BCUT2D eigenvalue weighted by Gasteiger charge is -2.13. The third-order valence-electron chi connectivity index (χ3n) is 2.88. The smallest absolute Gasteiger partial charge is 0.255 e. The molecule has 116 valence electrons. The molecule has 4 nitrogen and oxygen atoms in total. The van der Waals surface area contributed by atoms with Gasteiger partial charge in [0.25, 0.3) is 5.91 Å². The SMILES string of the molecule is CCOc1cc(C(=O)Nc2ccc(Cl)cc2)cc(Cl)c1OC. The number of amides is 1. The van der Waals surface area contributed by atoms with Crippen molar-refractivity contribution in [1.29, 1.82) is 0 Å². The van der Waals surface area contributed by atoms with Crippen LogP contribution >= 0.6 is 23.2 Å². The molecule has 0 radical (unpaired) electrons. The number of ether oxygens (including phenoxy) is 2. The van der Waals surface area contributed by atoms with Gasteiger partial charge in [0.2, 0.25) is 0 Å². The number of anilines is 1. The number of carbonyl (C=O) groups excluding carboxylic acids is 1.